The lowest BCUT2D eigenvalue weighted by atomic mass is 9.96. The van der Waals surface area contributed by atoms with Gasteiger partial charge in [-0.25, -0.2) is 15.0 Å². The van der Waals surface area contributed by atoms with Gasteiger partial charge in [0.05, 0.1) is 0 Å². The molecule has 10 aromatic rings. The number of hydrogen-bond donors (Lipinski definition) is 0. The number of nitrogens with zero attached hydrogens (tertiary/aromatic N) is 3. The predicted octanol–water partition coefficient (Wildman–Crippen LogP) is 11.9. The molecule has 0 radical (unpaired) electrons. The molecule has 2 aromatic heterocycles. The highest BCUT2D eigenvalue weighted by molar-refractivity contribution is 7.25. The van der Waals surface area contributed by atoms with Crippen LogP contribution in [0.3, 0.4) is 0 Å². The Bertz CT molecular complexity index is 2870. The van der Waals surface area contributed by atoms with Crippen LogP contribution >= 0.6 is 11.3 Å². The summed E-state index contributed by atoms with van der Waals surface area (Å²) in [5, 5.41) is 12.3. The minimum atomic E-state index is 0.662. The van der Waals surface area contributed by atoms with E-state index < -0.39 is 0 Å². The van der Waals surface area contributed by atoms with Crippen molar-refractivity contribution in [1.82, 2.24) is 15.0 Å². The lowest BCUT2D eigenvalue weighted by Crippen LogP contribution is -2.00. The summed E-state index contributed by atoms with van der Waals surface area (Å²) in [5.74, 6) is 2.00. The van der Waals surface area contributed by atoms with Crippen LogP contribution in [-0.4, -0.2) is 15.0 Å². The van der Waals surface area contributed by atoms with Crippen molar-refractivity contribution in [3.63, 3.8) is 0 Å². The minimum absolute atomic E-state index is 0.662. The topological polar surface area (TPSA) is 38.7 Å². The Hall–Kier alpha value is -5.97. The van der Waals surface area contributed by atoms with Crippen LogP contribution in [0.25, 0.3) is 97.4 Å². The highest BCUT2D eigenvalue weighted by Crippen LogP contribution is 2.37. The molecule has 0 fully saturated rings. The van der Waals surface area contributed by atoms with E-state index in [-0.39, 0.29) is 0 Å². The molecule has 0 atom stereocenters. The first-order valence-electron chi connectivity index (χ1n) is 15.8. The van der Waals surface area contributed by atoms with E-state index in [4.69, 9.17) is 15.0 Å². The second kappa shape index (κ2) is 10.3. The van der Waals surface area contributed by atoms with Gasteiger partial charge in [-0.1, -0.05) is 127 Å². The highest BCUT2D eigenvalue weighted by Gasteiger charge is 2.15. The van der Waals surface area contributed by atoms with Crippen LogP contribution in [0.2, 0.25) is 0 Å². The summed E-state index contributed by atoms with van der Waals surface area (Å²) in [5.41, 5.74) is 2.91. The van der Waals surface area contributed by atoms with Crippen molar-refractivity contribution in [1.29, 1.82) is 0 Å². The van der Waals surface area contributed by atoms with Gasteiger partial charge < -0.3 is 0 Å². The van der Waals surface area contributed by atoms with Gasteiger partial charge in [-0.3, -0.25) is 0 Å². The maximum absolute atomic E-state index is 5.11. The SMILES string of the molecule is c1ccc2cc(-c3nc(-c4ccc5c(ccc6c7ccccc7ccc56)c4)nc(-c4ccc5c(c4)sc4ccccc45)n3)ccc2c1. The van der Waals surface area contributed by atoms with Crippen molar-refractivity contribution in [2.24, 2.45) is 0 Å². The summed E-state index contributed by atoms with van der Waals surface area (Å²) < 4.78 is 2.51. The number of hydrogen-bond acceptors (Lipinski definition) is 4. The number of rotatable bonds is 3. The van der Waals surface area contributed by atoms with Crippen LogP contribution in [0.4, 0.5) is 0 Å². The third-order valence-corrected chi connectivity index (χ3v) is 10.4. The van der Waals surface area contributed by atoms with Crippen LogP contribution in [0, 0.1) is 0 Å². The third-order valence-electron chi connectivity index (χ3n) is 9.28. The van der Waals surface area contributed by atoms with Crippen molar-refractivity contribution in [2.75, 3.05) is 0 Å². The van der Waals surface area contributed by atoms with E-state index in [9.17, 15) is 0 Å². The summed E-state index contributed by atoms with van der Waals surface area (Å²) >= 11 is 1.80. The van der Waals surface area contributed by atoms with Gasteiger partial charge in [0, 0.05) is 36.9 Å². The number of aromatic nitrogens is 3. The second-order valence-electron chi connectivity index (χ2n) is 12.1. The normalized spacial score (nSPS) is 11.8. The van der Waals surface area contributed by atoms with Gasteiger partial charge in [0.15, 0.2) is 17.5 Å². The van der Waals surface area contributed by atoms with Crippen molar-refractivity contribution in [2.45, 2.75) is 0 Å². The minimum Gasteiger partial charge on any atom is -0.208 e. The van der Waals surface area contributed by atoms with Gasteiger partial charge >= 0.3 is 0 Å². The van der Waals surface area contributed by atoms with Crippen molar-refractivity contribution < 1.29 is 0 Å². The quantitative estimate of drug-likeness (QED) is 0.186. The van der Waals surface area contributed by atoms with Crippen LogP contribution in [0.1, 0.15) is 0 Å². The Balaban J connectivity index is 1.17. The smallest absolute Gasteiger partial charge is 0.164 e. The molecule has 0 aliphatic carbocycles. The molecule has 10 rings (SSSR count). The molecule has 0 aliphatic heterocycles. The Morgan fingerprint density at radius 1 is 0.298 bits per heavy atom. The van der Waals surface area contributed by atoms with Gasteiger partial charge in [0.2, 0.25) is 0 Å². The van der Waals surface area contributed by atoms with E-state index in [0.717, 1.165) is 27.5 Å². The van der Waals surface area contributed by atoms with E-state index in [1.54, 1.807) is 11.3 Å². The molecule has 3 nitrogen and oxygen atoms in total. The van der Waals surface area contributed by atoms with Gasteiger partial charge in [0.1, 0.15) is 0 Å². The van der Waals surface area contributed by atoms with Crippen LogP contribution in [-0.2, 0) is 0 Å². The standard InChI is InChI=1S/C43H25N3S/c1-2-9-28-23-30(14-13-26(28)7-1)41-44-42(46-43(45-41)32-18-22-38-37-11-5-6-12-39(37)47-40(38)25-32)31-17-19-34-29(24-31)16-21-35-33-10-4-3-8-27(33)15-20-36(34)35/h1-25H. The molecule has 47 heavy (non-hydrogen) atoms. The van der Waals surface area contributed by atoms with Gasteiger partial charge in [-0.15, -0.1) is 11.3 Å². The zero-order valence-corrected chi connectivity index (χ0v) is 26.0. The Kier molecular flexibility index (Phi) is 5.74. The molecule has 8 aromatic carbocycles. The van der Waals surface area contributed by atoms with Gasteiger partial charge in [-0.2, -0.15) is 0 Å². The maximum Gasteiger partial charge on any atom is 0.164 e. The lowest BCUT2D eigenvalue weighted by molar-refractivity contribution is 1.08. The molecule has 0 spiro atoms. The molecule has 0 bridgehead atoms. The molecule has 0 aliphatic rings. The zero-order valence-electron chi connectivity index (χ0n) is 25.2. The average molecular weight is 616 g/mol. The van der Waals surface area contributed by atoms with E-state index >= 15 is 0 Å². The fourth-order valence-electron chi connectivity index (χ4n) is 6.92. The number of fused-ring (bicyclic) bond motifs is 9. The molecule has 0 saturated heterocycles. The monoisotopic (exact) mass is 615 g/mol. The second-order valence-corrected chi connectivity index (χ2v) is 13.1. The third kappa shape index (κ3) is 4.30. The number of benzene rings is 8. The Morgan fingerprint density at radius 3 is 1.53 bits per heavy atom. The zero-order chi connectivity index (χ0) is 30.9. The fraction of sp³-hybridized carbons (Fsp3) is 0. The summed E-state index contributed by atoms with van der Waals surface area (Å²) in [6.07, 6.45) is 0. The van der Waals surface area contributed by atoms with Gasteiger partial charge in [0.25, 0.3) is 0 Å². The largest absolute Gasteiger partial charge is 0.208 e. The molecule has 2 heterocycles. The van der Waals surface area contributed by atoms with Crippen LogP contribution in [0.5, 0.6) is 0 Å². The fourth-order valence-corrected chi connectivity index (χ4v) is 8.07. The summed E-state index contributed by atoms with van der Waals surface area (Å²) in [6, 6.07) is 54.0. The number of thiophene rings is 1. The van der Waals surface area contributed by atoms with Crippen LogP contribution < -0.4 is 0 Å². The van der Waals surface area contributed by atoms with Crippen molar-refractivity contribution in [3.05, 3.63) is 152 Å². The molecule has 0 saturated carbocycles. The molecular formula is C43H25N3S. The van der Waals surface area contributed by atoms with E-state index in [2.05, 4.69) is 152 Å². The van der Waals surface area contributed by atoms with E-state index in [0.29, 0.717) is 17.5 Å². The van der Waals surface area contributed by atoms with Crippen molar-refractivity contribution >= 4 is 74.6 Å². The highest BCUT2D eigenvalue weighted by atomic mass is 32.1. The first kappa shape index (κ1) is 26.3. The first-order valence-corrected chi connectivity index (χ1v) is 16.6. The molecule has 4 heteroatoms. The lowest BCUT2D eigenvalue weighted by Gasteiger charge is -2.11. The molecule has 218 valence electrons. The van der Waals surface area contributed by atoms with E-state index in [1.165, 1.54) is 52.5 Å². The molecule has 0 N–H and O–H groups in total. The average Bonchev–Trinajstić information content (AvgIpc) is 3.52. The van der Waals surface area contributed by atoms with E-state index in [1.807, 2.05) is 0 Å². The molecular weight excluding hydrogens is 591 g/mol. The maximum atomic E-state index is 5.11. The van der Waals surface area contributed by atoms with Gasteiger partial charge in [-0.05, 0) is 67.4 Å². The summed E-state index contributed by atoms with van der Waals surface area (Å²) in [7, 11) is 0. The Morgan fingerprint density at radius 2 is 0.766 bits per heavy atom. The van der Waals surface area contributed by atoms with Crippen molar-refractivity contribution in [3.8, 4) is 34.2 Å². The first-order chi connectivity index (χ1) is 23.2. The summed E-state index contributed by atoms with van der Waals surface area (Å²) in [6.45, 7) is 0. The van der Waals surface area contributed by atoms with Crippen LogP contribution in [0.15, 0.2) is 152 Å². The Labute approximate surface area is 274 Å². The molecule has 0 amide bonds. The summed E-state index contributed by atoms with van der Waals surface area (Å²) in [4.78, 5) is 15.3. The molecule has 0 unspecified atom stereocenters. The predicted molar refractivity (Wildman–Crippen MR) is 199 cm³/mol.